The molecule has 0 amide bonds. The van der Waals surface area contributed by atoms with Gasteiger partial charge in [-0.05, 0) is 18.2 Å². The van der Waals surface area contributed by atoms with Crippen LogP contribution in [0.1, 0.15) is 0 Å². The molecule has 0 aliphatic rings. The number of sulfonamides is 1. The molecule has 7 heteroatoms. The number of halogens is 3. The lowest BCUT2D eigenvalue weighted by Gasteiger charge is -2.15. The van der Waals surface area contributed by atoms with Crippen LogP contribution in [0.3, 0.4) is 0 Å². The first-order valence-corrected chi connectivity index (χ1v) is 6.34. The SMILES string of the molecule is CN(CCCl)S(=O)(=O)c1ccc(F)c(F)c1. The summed E-state index contributed by atoms with van der Waals surface area (Å²) in [5.41, 5.74) is 0. The van der Waals surface area contributed by atoms with E-state index in [-0.39, 0.29) is 17.3 Å². The summed E-state index contributed by atoms with van der Waals surface area (Å²) >= 11 is 5.41. The maximum Gasteiger partial charge on any atom is 0.242 e. The Hall–Kier alpha value is -0.720. The van der Waals surface area contributed by atoms with Crippen LogP contribution in [0.15, 0.2) is 23.1 Å². The van der Waals surface area contributed by atoms with Gasteiger partial charge in [0.15, 0.2) is 11.6 Å². The third-order valence-electron chi connectivity index (χ3n) is 2.00. The van der Waals surface area contributed by atoms with Gasteiger partial charge in [0.2, 0.25) is 10.0 Å². The van der Waals surface area contributed by atoms with Crippen LogP contribution in [-0.2, 0) is 10.0 Å². The maximum atomic E-state index is 12.9. The second-order valence-corrected chi connectivity index (χ2v) is 5.51. The topological polar surface area (TPSA) is 37.4 Å². The molecule has 0 aromatic heterocycles. The molecule has 0 aliphatic heterocycles. The van der Waals surface area contributed by atoms with E-state index in [4.69, 9.17) is 11.6 Å². The zero-order valence-electron chi connectivity index (χ0n) is 8.45. The van der Waals surface area contributed by atoms with E-state index >= 15 is 0 Å². The lowest BCUT2D eigenvalue weighted by molar-refractivity contribution is 0.481. The molecule has 1 rings (SSSR count). The Bertz CT molecular complexity index is 478. The Morgan fingerprint density at radius 2 is 1.94 bits per heavy atom. The smallest absolute Gasteiger partial charge is 0.207 e. The van der Waals surface area contributed by atoms with Crippen molar-refractivity contribution in [3.05, 3.63) is 29.8 Å². The van der Waals surface area contributed by atoms with Crippen molar-refractivity contribution in [2.24, 2.45) is 0 Å². The van der Waals surface area contributed by atoms with E-state index < -0.39 is 21.7 Å². The van der Waals surface area contributed by atoms with Crippen LogP contribution in [0.4, 0.5) is 8.78 Å². The van der Waals surface area contributed by atoms with Crippen LogP contribution in [0.25, 0.3) is 0 Å². The van der Waals surface area contributed by atoms with Crippen LogP contribution in [0.2, 0.25) is 0 Å². The Morgan fingerprint density at radius 3 is 2.44 bits per heavy atom. The fourth-order valence-corrected chi connectivity index (χ4v) is 2.59. The molecule has 0 atom stereocenters. The highest BCUT2D eigenvalue weighted by Crippen LogP contribution is 2.17. The van der Waals surface area contributed by atoms with Crippen LogP contribution < -0.4 is 0 Å². The third kappa shape index (κ3) is 2.69. The van der Waals surface area contributed by atoms with E-state index in [1.807, 2.05) is 0 Å². The second kappa shape index (κ2) is 5.07. The molecule has 0 unspecified atom stereocenters. The number of hydrogen-bond acceptors (Lipinski definition) is 2. The molecule has 0 saturated carbocycles. The molecule has 0 bridgehead atoms. The van der Waals surface area contributed by atoms with Crippen LogP contribution >= 0.6 is 11.6 Å². The number of hydrogen-bond donors (Lipinski definition) is 0. The van der Waals surface area contributed by atoms with E-state index in [2.05, 4.69) is 0 Å². The lowest BCUT2D eigenvalue weighted by Crippen LogP contribution is -2.28. The summed E-state index contributed by atoms with van der Waals surface area (Å²) in [6, 6.07) is 2.44. The van der Waals surface area contributed by atoms with Gasteiger partial charge in [-0.1, -0.05) is 0 Å². The van der Waals surface area contributed by atoms with Gasteiger partial charge >= 0.3 is 0 Å². The molecule has 0 N–H and O–H groups in total. The van der Waals surface area contributed by atoms with Crippen molar-refractivity contribution in [2.75, 3.05) is 19.5 Å². The van der Waals surface area contributed by atoms with Gasteiger partial charge in [0.25, 0.3) is 0 Å². The fraction of sp³-hybridized carbons (Fsp3) is 0.333. The largest absolute Gasteiger partial charge is 0.242 e. The first-order valence-electron chi connectivity index (χ1n) is 4.37. The van der Waals surface area contributed by atoms with Gasteiger partial charge in [0.1, 0.15) is 0 Å². The van der Waals surface area contributed by atoms with E-state index in [0.717, 1.165) is 16.4 Å². The molecule has 0 fully saturated rings. The van der Waals surface area contributed by atoms with Gasteiger partial charge in [-0.25, -0.2) is 17.2 Å². The Kier molecular flexibility index (Phi) is 4.23. The minimum atomic E-state index is -3.80. The molecule has 1 aromatic rings. The average Bonchev–Trinajstić information content (AvgIpc) is 2.22. The molecular weight excluding hydrogens is 260 g/mol. The molecule has 0 heterocycles. The Morgan fingerprint density at radius 1 is 1.31 bits per heavy atom. The van der Waals surface area contributed by atoms with Crippen LogP contribution in [-0.4, -0.2) is 32.2 Å². The molecule has 16 heavy (non-hydrogen) atoms. The zero-order chi connectivity index (χ0) is 12.3. The normalized spacial score (nSPS) is 12.1. The van der Waals surface area contributed by atoms with E-state index in [0.29, 0.717) is 6.07 Å². The highest BCUT2D eigenvalue weighted by Gasteiger charge is 2.21. The van der Waals surface area contributed by atoms with Crippen molar-refractivity contribution in [1.82, 2.24) is 4.31 Å². The lowest BCUT2D eigenvalue weighted by atomic mass is 10.3. The van der Waals surface area contributed by atoms with Gasteiger partial charge in [-0.15, -0.1) is 11.6 Å². The van der Waals surface area contributed by atoms with Gasteiger partial charge in [-0.3, -0.25) is 0 Å². The number of benzene rings is 1. The van der Waals surface area contributed by atoms with E-state index in [1.165, 1.54) is 7.05 Å². The van der Waals surface area contributed by atoms with Gasteiger partial charge in [-0.2, -0.15) is 4.31 Å². The first-order chi connectivity index (χ1) is 7.39. The van der Waals surface area contributed by atoms with Gasteiger partial charge in [0, 0.05) is 19.5 Å². The minimum Gasteiger partial charge on any atom is -0.207 e. The third-order valence-corrected chi connectivity index (χ3v) is 4.02. The van der Waals surface area contributed by atoms with Crippen LogP contribution in [0.5, 0.6) is 0 Å². The molecule has 0 radical (unpaired) electrons. The van der Waals surface area contributed by atoms with Crippen molar-refractivity contribution >= 4 is 21.6 Å². The van der Waals surface area contributed by atoms with E-state index in [1.54, 1.807) is 0 Å². The summed E-state index contributed by atoms with van der Waals surface area (Å²) < 4.78 is 50.0. The molecule has 0 aliphatic carbocycles. The van der Waals surface area contributed by atoms with Gasteiger partial charge in [0.05, 0.1) is 4.90 Å². The van der Waals surface area contributed by atoms with Crippen LogP contribution in [0, 0.1) is 11.6 Å². The Balaban J connectivity index is 3.12. The molecule has 0 spiro atoms. The summed E-state index contributed by atoms with van der Waals surface area (Å²) in [7, 11) is -2.48. The standard InChI is InChI=1S/C9H10ClF2NO2S/c1-13(5-4-10)16(14,15)7-2-3-8(11)9(12)6-7/h2-3,6H,4-5H2,1H3. The summed E-state index contributed by atoms with van der Waals surface area (Å²) in [5.74, 6) is -2.15. The van der Waals surface area contributed by atoms with E-state index in [9.17, 15) is 17.2 Å². The molecule has 1 aromatic carbocycles. The minimum absolute atomic E-state index is 0.100. The Labute approximate surface area is 97.7 Å². The predicted molar refractivity (Wildman–Crippen MR) is 56.9 cm³/mol. The van der Waals surface area contributed by atoms with Crippen molar-refractivity contribution < 1.29 is 17.2 Å². The number of alkyl halides is 1. The summed E-state index contributed by atoms with van der Waals surface area (Å²) in [6.45, 7) is 0.100. The summed E-state index contributed by atoms with van der Waals surface area (Å²) in [6.07, 6.45) is 0. The quantitative estimate of drug-likeness (QED) is 0.782. The van der Waals surface area contributed by atoms with Crippen molar-refractivity contribution in [1.29, 1.82) is 0 Å². The molecule has 3 nitrogen and oxygen atoms in total. The number of nitrogens with zero attached hydrogens (tertiary/aromatic N) is 1. The monoisotopic (exact) mass is 269 g/mol. The average molecular weight is 270 g/mol. The first kappa shape index (κ1) is 13.3. The summed E-state index contributed by atoms with van der Waals surface area (Å²) in [4.78, 5) is -0.293. The maximum absolute atomic E-state index is 12.9. The summed E-state index contributed by atoms with van der Waals surface area (Å²) in [5, 5.41) is 0. The van der Waals surface area contributed by atoms with Crippen molar-refractivity contribution in [3.8, 4) is 0 Å². The fourth-order valence-electron chi connectivity index (χ4n) is 1.06. The molecular formula is C9H10ClF2NO2S. The van der Waals surface area contributed by atoms with Crippen molar-refractivity contribution in [3.63, 3.8) is 0 Å². The second-order valence-electron chi connectivity index (χ2n) is 3.09. The van der Waals surface area contributed by atoms with Gasteiger partial charge < -0.3 is 0 Å². The molecule has 0 saturated heterocycles. The predicted octanol–water partition coefficient (Wildman–Crippen LogP) is 1.82. The highest BCUT2D eigenvalue weighted by molar-refractivity contribution is 7.89. The van der Waals surface area contributed by atoms with Crippen molar-refractivity contribution in [2.45, 2.75) is 4.90 Å². The highest BCUT2D eigenvalue weighted by atomic mass is 35.5. The molecule has 90 valence electrons. The number of rotatable bonds is 4. The zero-order valence-corrected chi connectivity index (χ0v) is 10.0.